The molecule has 1 aromatic rings. The lowest BCUT2D eigenvalue weighted by molar-refractivity contribution is -0.695. The minimum Gasteiger partial charge on any atom is -0.723 e. The van der Waals surface area contributed by atoms with Crippen molar-refractivity contribution in [1.82, 2.24) is 0 Å². The van der Waals surface area contributed by atoms with Gasteiger partial charge in [0.1, 0.15) is 0 Å². The number of aromatic carboxylic acids is 1. The van der Waals surface area contributed by atoms with Crippen LogP contribution in [0.2, 0.25) is 0 Å². The van der Waals surface area contributed by atoms with Crippen LogP contribution in [-0.4, -0.2) is 5.97 Å². The van der Waals surface area contributed by atoms with Gasteiger partial charge >= 0.3 is 0 Å². The van der Waals surface area contributed by atoms with Crippen LogP contribution in [0.5, 0.6) is 0 Å². The molecule has 4 heteroatoms. The summed E-state index contributed by atoms with van der Waals surface area (Å²) in [5, 5.41) is 20.0. The number of carbonyl (C=O) groups excluding carboxylic acids is 1. The van der Waals surface area contributed by atoms with Crippen molar-refractivity contribution >= 4 is 5.97 Å². The fourth-order valence-corrected chi connectivity index (χ4v) is 0.805. The topological polar surface area (TPSA) is 72.4 Å². The molecule has 1 rings (SSSR count). The highest BCUT2D eigenvalue weighted by molar-refractivity contribution is 5.85. The van der Waals surface area contributed by atoms with E-state index in [2.05, 4.69) is 4.89 Å². The van der Waals surface area contributed by atoms with E-state index in [1.54, 1.807) is 0 Å². The highest BCUT2D eigenvalue weighted by Crippen LogP contribution is 2.03. The van der Waals surface area contributed by atoms with Gasteiger partial charge in [-0.05, 0) is 11.1 Å². The summed E-state index contributed by atoms with van der Waals surface area (Å²) in [6.07, 6.45) is 0. The van der Waals surface area contributed by atoms with E-state index in [9.17, 15) is 15.2 Å². The molecule has 0 spiro atoms. The summed E-state index contributed by atoms with van der Waals surface area (Å²) in [5.41, 5.74) is 0.722. The Labute approximate surface area is 69.0 Å². The summed E-state index contributed by atoms with van der Waals surface area (Å²) in [6.45, 7) is -0.0622. The van der Waals surface area contributed by atoms with Crippen LogP contribution in [0.3, 0.4) is 0 Å². The average molecular weight is 166 g/mol. The minimum absolute atomic E-state index is 0.0622. The molecule has 0 saturated heterocycles. The Morgan fingerprint density at radius 3 is 2.33 bits per heavy atom. The zero-order valence-corrected chi connectivity index (χ0v) is 6.15. The largest absolute Gasteiger partial charge is 0.723 e. The molecule has 0 aliphatic heterocycles. The molecule has 0 atom stereocenters. The number of benzene rings is 1. The van der Waals surface area contributed by atoms with Crippen molar-refractivity contribution in [2.24, 2.45) is 0 Å². The van der Waals surface area contributed by atoms with Crippen molar-refractivity contribution < 1.29 is 20.0 Å². The molecule has 0 radical (unpaired) electrons. The van der Waals surface area contributed by atoms with Gasteiger partial charge < -0.3 is 20.0 Å². The predicted octanol–water partition coefficient (Wildman–Crippen LogP) is -1.16. The van der Waals surface area contributed by atoms with E-state index in [1.165, 1.54) is 24.3 Å². The second kappa shape index (κ2) is 3.85. The monoisotopic (exact) mass is 166 g/mol. The van der Waals surface area contributed by atoms with Crippen LogP contribution in [0.1, 0.15) is 15.9 Å². The lowest BCUT2D eigenvalue weighted by atomic mass is 10.1. The van der Waals surface area contributed by atoms with E-state index in [1.807, 2.05) is 0 Å². The fraction of sp³-hybridized carbons (Fsp3) is 0.125. The Hall–Kier alpha value is -1.39. The molecule has 0 unspecified atom stereocenters. The fourth-order valence-electron chi connectivity index (χ4n) is 0.805. The number of rotatable bonds is 3. The molecular formula is C8H6O4-2. The number of carbonyl (C=O) groups is 1. The predicted molar refractivity (Wildman–Crippen MR) is 35.6 cm³/mol. The van der Waals surface area contributed by atoms with Gasteiger partial charge in [0.05, 0.1) is 12.6 Å². The van der Waals surface area contributed by atoms with E-state index in [4.69, 9.17) is 0 Å². The lowest BCUT2D eigenvalue weighted by Gasteiger charge is -2.07. The molecular weight excluding hydrogens is 160 g/mol. The van der Waals surface area contributed by atoms with Gasteiger partial charge in [0.2, 0.25) is 0 Å². The van der Waals surface area contributed by atoms with Gasteiger partial charge in [0, 0.05) is 0 Å². The van der Waals surface area contributed by atoms with Crippen LogP contribution in [0.15, 0.2) is 24.3 Å². The van der Waals surface area contributed by atoms with Crippen LogP contribution < -0.4 is 10.4 Å². The van der Waals surface area contributed by atoms with Gasteiger partial charge in [0.25, 0.3) is 0 Å². The first kappa shape index (κ1) is 8.70. The number of carboxylic acids is 1. The number of carboxylic acid groups (broad SMARTS) is 1. The van der Waals surface area contributed by atoms with E-state index >= 15 is 0 Å². The van der Waals surface area contributed by atoms with Crippen molar-refractivity contribution in [2.45, 2.75) is 6.61 Å². The van der Waals surface area contributed by atoms with Gasteiger partial charge in [-0.3, -0.25) is 0 Å². The van der Waals surface area contributed by atoms with Crippen LogP contribution in [0.25, 0.3) is 0 Å². The molecule has 0 N–H and O–H groups in total. The molecule has 0 amide bonds. The third-order valence-electron chi connectivity index (χ3n) is 1.42. The molecule has 0 heterocycles. The second-order valence-electron chi connectivity index (χ2n) is 2.25. The molecule has 0 aliphatic carbocycles. The zero-order valence-electron chi connectivity index (χ0n) is 6.15. The SMILES string of the molecule is O=C([O-])c1ccc(CO[O-])cc1. The summed E-state index contributed by atoms with van der Waals surface area (Å²) in [5.74, 6) is -1.23. The normalized spacial score (nSPS) is 9.75. The van der Waals surface area contributed by atoms with E-state index in [0.717, 1.165) is 0 Å². The Kier molecular flexibility index (Phi) is 2.79. The van der Waals surface area contributed by atoms with Crippen LogP contribution in [0, 0.1) is 0 Å². The molecule has 64 valence electrons. The van der Waals surface area contributed by atoms with Gasteiger partial charge in [-0.1, -0.05) is 24.3 Å². The highest BCUT2D eigenvalue weighted by Gasteiger charge is 1.92. The zero-order chi connectivity index (χ0) is 8.97. The lowest BCUT2D eigenvalue weighted by Crippen LogP contribution is -2.22. The number of hydrogen-bond acceptors (Lipinski definition) is 4. The Bertz CT molecular complexity index is 265. The second-order valence-corrected chi connectivity index (χ2v) is 2.25. The van der Waals surface area contributed by atoms with E-state index in [0.29, 0.717) is 5.56 Å². The molecule has 0 saturated carbocycles. The van der Waals surface area contributed by atoms with Crippen LogP contribution in [-0.2, 0) is 11.5 Å². The van der Waals surface area contributed by atoms with Gasteiger partial charge in [-0.2, -0.15) is 0 Å². The number of hydrogen-bond donors (Lipinski definition) is 0. The first-order valence-corrected chi connectivity index (χ1v) is 3.29. The average Bonchev–Trinajstić information content (AvgIpc) is 2.06. The Morgan fingerprint density at radius 2 is 1.92 bits per heavy atom. The summed E-state index contributed by atoms with van der Waals surface area (Å²) < 4.78 is 0. The summed E-state index contributed by atoms with van der Waals surface area (Å²) in [4.78, 5) is 13.9. The standard InChI is InChI=1S/C8H8O4/c9-8(10)7-3-1-6(2-4-7)5-12-11/h1-4,11H,5H2,(H,9,10)/p-2. The van der Waals surface area contributed by atoms with Crippen LogP contribution >= 0.6 is 0 Å². The molecule has 1 aromatic carbocycles. The molecule has 0 fully saturated rings. The van der Waals surface area contributed by atoms with E-state index in [-0.39, 0.29) is 12.2 Å². The minimum atomic E-state index is -1.23. The molecule has 0 bridgehead atoms. The first-order valence-electron chi connectivity index (χ1n) is 3.29. The van der Waals surface area contributed by atoms with E-state index < -0.39 is 5.97 Å². The van der Waals surface area contributed by atoms with Gasteiger partial charge in [-0.15, -0.1) is 0 Å². The third kappa shape index (κ3) is 2.05. The smallest absolute Gasteiger partial charge is 0.0715 e. The quantitative estimate of drug-likeness (QED) is 0.419. The Morgan fingerprint density at radius 1 is 1.33 bits per heavy atom. The first-order chi connectivity index (χ1) is 5.74. The van der Waals surface area contributed by atoms with Gasteiger partial charge in [-0.25, -0.2) is 0 Å². The van der Waals surface area contributed by atoms with Crippen molar-refractivity contribution in [3.8, 4) is 0 Å². The molecule has 12 heavy (non-hydrogen) atoms. The maximum absolute atomic E-state index is 10.3. The molecule has 0 aromatic heterocycles. The maximum atomic E-state index is 10.3. The maximum Gasteiger partial charge on any atom is 0.0715 e. The van der Waals surface area contributed by atoms with Crippen molar-refractivity contribution in [3.63, 3.8) is 0 Å². The van der Waals surface area contributed by atoms with Crippen molar-refractivity contribution in [1.29, 1.82) is 0 Å². The van der Waals surface area contributed by atoms with Crippen molar-refractivity contribution in [3.05, 3.63) is 35.4 Å². The highest BCUT2D eigenvalue weighted by atomic mass is 17.1. The summed E-state index contributed by atoms with van der Waals surface area (Å²) in [7, 11) is 0. The molecule has 4 nitrogen and oxygen atoms in total. The Balaban J connectivity index is 2.78. The molecule has 0 aliphatic rings. The third-order valence-corrected chi connectivity index (χ3v) is 1.42. The summed E-state index contributed by atoms with van der Waals surface area (Å²) >= 11 is 0. The van der Waals surface area contributed by atoms with Gasteiger partial charge in [0.15, 0.2) is 0 Å². The van der Waals surface area contributed by atoms with Crippen LogP contribution in [0.4, 0.5) is 0 Å². The summed E-state index contributed by atoms with van der Waals surface area (Å²) in [6, 6.07) is 5.74. The van der Waals surface area contributed by atoms with Crippen molar-refractivity contribution in [2.75, 3.05) is 0 Å².